The fourth-order valence-electron chi connectivity index (χ4n) is 3.53. The first kappa shape index (κ1) is 24.7. The second kappa shape index (κ2) is 10.5. The number of hydrogen-bond donors (Lipinski definition) is 3. The molecule has 1 amide bonds. The molecule has 0 saturated heterocycles. The summed E-state index contributed by atoms with van der Waals surface area (Å²) >= 11 is 5.98. The van der Waals surface area contributed by atoms with Crippen LogP contribution in [-0.4, -0.2) is 32.0 Å². The van der Waals surface area contributed by atoms with Gasteiger partial charge in [0, 0.05) is 17.3 Å². The summed E-state index contributed by atoms with van der Waals surface area (Å²) in [7, 11) is 0. The summed E-state index contributed by atoms with van der Waals surface area (Å²) in [6, 6.07) is 12.3. The lowest BCUT2D eigenvalue weighted by Crippen LogP contribution is -2.42. The predicted molar refractivity (Wildman–Crippen MR) is 137 cm³/mol. The van der Waals surface area contributed by atoms with E-state index in [1.54, 1.807) is 55.5 Å². The minimum Gasteiger partial charge on any atom is -0.465 e. The van der Waals surface area contributed by atoms with Gasteiger partial charge in [-0.05, 0) is 67.5 Å². The zero-order chi connectivity index (χ0) is 25.8. The van der Waals surface area contributed by atoms with Crippen molar-refractivity contribution < 1.29 is 9.53 Å². The molecular weight excluding hydrogens is 486 g/mol. The Morgan fingerprint density at radius 1 is 1.19 bits per heavy atom. The predicted octanol–water partition coefficient (Wildman–Crippen LogP) is 1.88. The number of aromatic nitrogens is 3. The summed E-state index contributed by atoms with van der Waals surface area (Å²) in [4.78, 5) is 40.8. The van der Waals surface area contributed by atoms with E-state index < -0.39 is 23.5 Å². The number of carbonyl (C=O) groups is 1. The van der Waals surface area contributed by atoms with E-state index in [0.717, 1.165) is 15.7 Å². The van der Waals surface area contributed by atoms with Gasteiger partial charge in [0.1, 0.15) is 11.5 Å². The fraction of sp³-hybridized carbons (Fsp3) is 0.208. The third kappa shape index (κ3) is 5.47. The van der Waals surface area contributed by atoms with Crippen molar-refractivity contribution in [1.29, 1.82) is 0 Å². The molecule has 0 fully saturated rings. The number of nitrogens with zero attached hydrogens (tertiary/aromatic N) is 4. The van der Waals surface area contributed by atoms with Gasteiger partial charge in [-0.2, -0.15) is 10.1 Å². The topological polar surface area (TPSA) is 146 Å². The number of amides is 1. The van der Waals surface area contributed by atoms with Crippen molar-refractivity contribution in [1.82, 2.24) is 19.5 Å². The minimum absolute atomic E-state index is 0.105. The zero-order valence-corrected chi connectivity index (χ0v) is 20.3. The van der Waals surface area contributed by atoms with E-state index in [1.165, 1.54) is 10.6 Å². The average Bonchev–Trinajstić information content (AvgIpc) is 2.85. The highest BCUT2D eigenvalue weighted by Crippen LogP contribution is 2.25. The van der Waals surface area contributed by atoms with Gasteiger partial charge in [0.25, 0.3) is 5.91 Å². The van der Waals surface area contributed by atoms with Crippen molar-refractivity contribution in [2.45, 2.75) is 33.2 Å². The number of halogens is 1. The molecule has 1 aromatic heterocycles. The quantitative estimate of drug-likeness (QED) is 0.420. The number of nitrogens with two attached hydrogens (primary N) is 1. The van der Waals surface area contributed by atoms with Gasteiger partial charge in [-0.3, -0.25) is 14.8 Å². The molecule has 186 valence electrons. The lowest BCUT2D eigenvalue weighted by molar-refractivity contribution is -0.111. The van der Waals surface area contributed by atoms with Crippen molar-refractivity contribution in [2.24, 2.45) is 10.8 Å². The molecule has 0 spiro atoms. The molecule has 4 rings (SSSR count). The number of hydrazone groups is 1. The van der Waals surface area contributed by atoms with Gasteiger partial charge in [0.2, 0.25) is 12.2 Å². The number of anilines is 2. The molecule has 11 nitrogen and oxygen atoms in total. The monoisotopic (exact) mass is 509 g/mol. The van der Waals surface area contributed by atoms with Gasteiger partial charge in [0.05, 0.1) is 6.54 Å². The summed E-state index contributed by atoms with van der Waals surface area (Å²) in [6.07, 6.45) is 2.53. The Morgan fingerprint density at radius 3 is 2.56 bits per heavy atom. The third-order valence-electron chi connectivity index (χ3n) is 5.40. The Morgan fingerprint density at radius 2 is 1.94 bits per heavy atom. The first-order chi connectivity index (χ1) is 17.2. The Bertz CT molecular complexity index is 1480. The van der Waals surface area contributed by atoms with Crippen molar-refractivity contribution >= 4 is 34.9 Å². The molecule has 1 aliphatic heterocycles. The number of hydrogen-bond acceptors (Lipinski definition) is 8. The highest BCUT2D eigenvalue weighted by atomic mass is 35.5. The van der Waals surface area contributed by atoms with E-state index in [1.807, 2.05) is 6.92 Å². The first-order valence-corrected chi connectivity index (χ1v) is 11.4. The van der Waals surface area contributed by atoms with E-state index in [9.17, 15) is 14.4 Å². The van der Waals surface area contributed by atoms with Crippen LogP contribution in [0.3, 0.4) is 0 Å². The van der Waals surface area contributed by atoms with Crippen LogP contribution in [0.1, 0.15) is 18.1 Å². The molecule has 3 aromatic rings. The summed E-state index contributed by atoms with van der Waals surface area (Å²) in [5.74, 6) is 0.0369. The molecule has 0 saturated carbocycles. The molecule has 0 radical (unpaired) electrons. The van der Waals surface area contributed by atoms with Crippen molar-refractivity contribution in [3.8, 4) is 5.75 Å². The van der Waals surface area contributed by atoms with Crippen LogP contribution in [0.2, 0.25) is 5.02 Å². The number of aryl methyl sites for hydroxylation is 1. The second-order valence-electron chi connectivity index (χ2n) is 7.95. The molecule has 1 atom stereocenters. The number of rotatable bonds is 8. The highest BCUT2D eigenvalue weighted by molar-refractivity contribution is 6.42. The first-order valence-electron chi connectivity index (χ1n) is 11.1. The van der Waals surface area contributed by atoms with Gasteiger partial charge in [-0.1, -0.05) is 23.7 Å². The van der Waals surface area contributed by atoms with Crippen LogP contribution in [0.5, 0.6) is 5.75 Å². The smallest absolute Gasteiger partial charge is 0.354 e. The SMILES string of the molecule is CCn1c(=O)nc(Nc2ccc(OC3C=CC(C(N)=O)=NN3)c(C)c2)n(Cc2ccc(Cl)cc2)c1=O. The van der Waals surface area contributed by atoms with Crippen LogP contribution in [0.4, 0.5) is 11.6 Å². The minimum atomic E-state index is -0.640. The van der Waals surface area contributed by atoms with E-state index in [2.05, 4.69) is 20.8 Å². The zero-order valence-electron chi connectivity index (χ0n) is 19.6. The highest BCUT2D eigenvalue weighted by Gasteiger charge is 2.16. The maximum atomic E-state index is 13.1. The molecule has 36 heavy (non-hydrogen) atoms. The lowest BCUT2D eigenvalue weighted by atomic mass is 10.2. The third-order valence-corrected chi connectivity index (χ3v) is 5.65. The molecule has 2 heterocycles. The second-order valence-corrected chi connectivity index (χ2v) is 8.39. The average molecular weight is 510 g/mol. The van der Waals surface area contributed by atoms with Crippen LogP contribution in [0, 0.1) is 6.92 Å². The van der Waals surface area contributed by atoms with Gasteiger partial charge in [-0.25, -0.2) is 14.2 Å². The van der Waals surface area contributed by atoms with Gasteiger partial charge >= 0.3 is 11.4 Å². The van der Waals surface area contributed by atoms with Crippen LogP contribution < -0.4 is 32.6 Å². The van der Waals surface area contributed by atoms with Crippen molar-refractivity contribution in [3.05, 3.63) is 91.7 Å². The van der Waals surface area contributed by atoms with Crippen LogP contribution in [0.15, 0.2) is 69.3 Å². The van der Waals surface area contributed by atoms with Crippen LogP contribution in [0.25, 0.3) is 0 Å². The maximum Gasteiger partial charge on any atom is 0.354 e. The Balaban J connectivity index is 1.58. The lowest BCUT2D eigenvalue weighted by Gasteiger charge is -2.20. The molecule has 1 aliphatic rings. The maximum absolute atomic E-state index is 13.1. The molecule has 1 unspecified atom stereocenters. The summed E-state index contributed by atoms with van der Waals surface area (Å²) in [5, 5.41) is 7.54. The molecule has 4 N–H and O–H groups in total. The normalized spacial score (nSPS) is 14.6. The number of primary amides is 1. The summed E-state index contributed by atoms with van der Waals surface area (Å²) in [6.45, 7) is 3.95. The number of benzene rings is 2. The standard InChI is InChI=1S/C24H24ClN7O4/c1-3-31-23(34)28-22(32(24(31)35)13-15-4-6-16(25)7-5-15)27-17-8-10-19(14(2)12-17)36-20-11-9-18(21(26)33)29-30-20/h4-12,20,30H,3,13H2,1-2H3,(H2,26,33)(H,27,28,34). The molecular formula is C24H24ClN7O4. The Kier molecular flexibility index (Phi) is 7.20. The summed E-state index contributed by atoms with van der Waals surface area (Å²) in [5.41, 5.74) is 9.10. The molecule has 2 aromatic carbocycles. The number of nitrogens with one attached hydrogen (secondary N) is 2. The van der Waals surface area contributed by atoms with E-state index in [-0.39, 0.29) is 24.7 Å². The van der Waals surface area contributed by atoms with E-state index in [0.29, 0.717) is 16.5 Å². The molecule has 0 aliphatic carbocycles. The van der Waals surface area contributed by atoms with Gasteiger partial charge in [-0.15, -0.1) is 0 Å². The van der Waals surface area contributed by atoms with Gasteiger partial charge < -0.3 is 15.8 Å². The number of ether oxygens (including phenoxy) is 1. The Labute approximate surface area is 210 Å². The van der Waals surface area contributed by atoms with Gasteiger partial charge in [0.15, 0.2) is 0 Å². The molecule has 12 heteroatoms. The largest absolute Gasteiger partial charge is 0.465 e. The van der Waals surface area contributed by atoms with E-state index in [4.69, 9.17) is 22.1 Å². The molecule has 0 bridgehead atoms. The number of carbonyl (C=O) groups excluding carboxylic acids is 1. The summed E-state index contributed by atoms with van der Waals surface area (Å²) < 4.78 is 8.35. The van der Waals surface area contributed by atoms with Crippen molar-refractivity contribution in [3.63, 3.8) is 0 Å². The van der Waals surface area contributed by atoms with E-state index >= 15 is 0 Å². The van der Waals surface area contributed by atoms with Crippen LogP contribution >= 0.6 is 11.6 Å². The fourth-order valence-corrected chi connectivity index (χ4v) is 3.66. The van der Waals surface area contributed by atoms with Crippen molar-refractivity contribution in [2.75, 3.05) is 5.32 Å². The Hall–Kier alpha value is -4.38. The van der Waals surface area contributed by atoms with Crippen LogP contribution in [-0.2, 0) is 17.9 Å².